The fourth-order valence-corrected chi connectivity index (χ4v) is 1.69. The second-order valence-electron chi connectivity index (χ2n) is 6.20. The van der Waals surface area contributed by atoms with Crippen molar-refractivity contribution in [1.82, 2.24) is 9.80 Å². The van der Waals surface area contributed by atoms with Crippen LogP contribution in [0.5, 0.6) is 0 Å². The van der Waals surface area contributed by atoms with E-state index in [1.807, 2.05) is 40.2 Å². The van der Waals surface area contributed by atoms with Crippen LogP contribution in [-0.4, -0.2) is 54.3 Å². The zero-order valence-electron chi connectivity index (χ0n) is 13.6. The molecule has 0 saturated heterocycles. The summed E-state index contributed by atoms with van der Waals surface area (Å²) < 4.78 is 11.2. The third-order valence-corrected chi connectivity index (χ3v) is 2.70. The quantitative estimate of drug-likeness (QED) is 0.383. The lowest BCUT2D eigenvalue weighted by molar-refractivity contribution is -0.151. The Bertz CT molecular complexity index is 391. The van der Waals surface area contributed by atoms with Gasteiger partial charge in [-0.1, -0.05) is 6.58 Å². The van der Waals surface area contributed by atoms with Crippen LogP contribution in [0.3, 0.4) is 0 Å². The third kappa shape index (κ3) is 8.31. The number of esters is 1. The van der Waals surface area contributed by atoms with Crippen LogP contribution < -0.4 is 0 Å². The second kappa shape index (κ2) is 8.63. The van der Waals surface area contributed by atoms with Gasteiger partial charge in [-0.05, 0) is 27.7 Å². The lowest BCUT2D eigenvalue weighted by Crippen LogP contribution is -2.38. The highest BCUT2D eigenvalue weighted by Gasteiger charge is 2.22. The summed E-state index contributed by atoms with van der Waals surface area (Å²) in [5.41, 5.74) is 0.144. The van der Waals surface area contributed by atoms with Gasteiger partial charge in [0.2, 0.25) is 0 Å². The van der Waals surface area contributed by atoms with E-state index in [0.717, 1.165) is 6.67 Å². The number of hydrogen-bond acceptors (Lipinski definition) is 5. The molecular formula is C15H27IN2O3. The van der Waals surface area contributed by atoms with Gasteiger partial charge in [0.25, 0.3) is 0 Å². The Morgan fingerprint density at radius 2 is 2.00 bits per heavy atom. The van der Waals surface area contributed by atoms with Gasteiger partial charge in [0, 0.05) is 25.0 Å². The van der Waals surface area contributed by atoms with Crippen LogP contribution in [0, 0.1) is 0 Å². The van der Waals surface area contributed by atoms with E-state index in [0.29, 0.717) is 18.7 Å². The van der Waals surface area contributed by atoms with Gasteiger partial charge in [-0.3, -0.25) is 0 Å². The highest BCUT2D eigenvalue weighted by atomic mass is 127. The highest BCUT2D eigenvalue weighted by Crippen LogP contribution is 2.12. The average molecular weight is 410 g/mol. The predicted molar refractivity (Wildman–Crippen MR) is 94.3 cm³/mol. The molecule has 0 radical (unpaired) electrons. The molecule has 0 N–H and O–H groups in total. The molecule has 1 unspecified atom stereocenters. The highest BCUT2D eigenvalue weighted by molar-refractivity contribution is 14.0. The Morgan fingerprint density at radius 3 is 2.43 bits per heavy atom. The zero-order chi connectivity index (χ0) is 15.3. The molecule has 1 atom stereocenters. The number of hydrogen-bond donors (Lipinski definition) is 0. The minimum atomic E-state index is -0.371. The van der Waals surface area contributed by atoms with Gasteiger partial charge in [-0.15, -0.1) is 24.0 Å². The van der Waals surface area contributed by atoms with Gasteiger partial charge in [-0.2, -0.15) is 0 Å². The normalized spacial score (nSPS) is 15.7. The SMILES string of the molecule is C=C(C)C(=O)OC(COC(C)(C)C)CN1C=CN(C)C1.I. The minimum absolute atomic E-state index is 0. The van der Waals surface area contributed by atoms with Gasteiger partial charge in [0.05, 0.1) is 25.4 Å². The maximum absolute atomic E-state index is 11.7. The molecule has 1 rings (SSSR count). The van der Waals surface area contributed by atoms with E-state index < -0.39 is 0 Å². The maximum atomic E-state index is 11.7. The third-order valence-electron chi connectivity index (χ3n) is 2.70. The fraction of sp³-hybridized carbons (Fsp3) is 0.667. The summed E-state index contributed by atoms with van der Waals surface area (Å²) in [7, 11) is 2.00. The lowest BCUT2D eigenvalue weighted by atomic mass is 10.2. The van der Waals surface area contributed by atoms with Crippen molar-refractivity contribution >= 4 is 29.9 Å². The molecular weight excluding hydrogens is 383 g/mol. The number of nitrogens with zero attached hydrogens (tertiary/aromatic N) is 2. The molecule has 5 nitrogen and oxygen atoms in total. The molecule has 0 aromatic carbocycles. The Balaban J connectivity index is 0.00000400. The van der Waals surface area contributed by atoms with Crippen molar-refractivity contribution in [3.05, 3.63) is 24.6 Å². The average Bonchev–Trinajstić information content (AvgIpc) is 2.70. The van der Waals surface area contributed by atoms with Crippen LogP contribution >= 0.6 is 24.0 Å². The summed E-state index contributed by atoms with van der Waals surface area (Å²) in [6.45, 7) is 13.0. The predicted octanol–water partition coefficient (Wildman–Crippen LogP) is 2.58. The molecule has 1 heterocycles. The van der Waals surface area contributed by atoms with Crippen LogP contribution in [0.1, 0.15) is 27.7 Å². The molecule has 1 aliphatic heterocycles. The zero-order valence-corrected chi connectivity index (χ0v) is 15.9. The van der Waals surface area contributed by atoms with E-state index in [1.165, 1.54) is 0 Å². The van der Waals surface area contributed by atoms with Crippen molar-refractivity contribution in [3.63, 3.8) is 0 Å². The smallest absolute Gasteiger partial charge is 0.333 e. The Labute approximate surface area is 145 Å². The van der Waals surface area contributed by atoms with Gasteiger partial charge >= 0.3 is 5.97 Å². The summed E-state index contributed by atoms with van der Waals surface area (Å²) in [5.74, 6) is -0.371. The maximum Gasteiger partial charge on any atom is 0.333 e. The molecule has 0 aliphatic carbocycles. The molecule has 0 saturated carbocycles. The summed E-state index contributed by atoms with van der Waals surface area (Å²) in [5, 5.41) is 0. The lowest BCUT2D eigenvalue weighted by Gasteiger charge is -2.28. The molecule has 0 aromatic rings. The molecule has 6 heteroatoms. The monoisotopic (exact) mass is 410 g/mol. The Kier molecular flexibility index (Phi) is 8.31. The number of halogens is 1. The van der Waals surface area contributed by atoms with Crippen LogP contribution in [0.2, 0.25) is 0 Å². The van der Waals surface area contributed by atoms with E-state index in [9.17, 15) is 4.79 Å². The molecule has 0 aromatic heterocycles. The largest absolute Gasteiger partial charge is 0.455 e. The fourth-order valence-electron chi connectivity index (χ4n) is 1.69. The van der Waals surface area contributed by atoms with E-state index >= 15 is 0 Å². The van der Waals surface area contributed by atoms with Gasteiger partial charge in [-0.25, -0.2) is 4.79 Å². The first-order chi connectivity index (χ1) is 9.17. The van der Waals surface area contributed by atoms with Crippen molar-refractivity contribution in [2.75, 3.05) is 26.9 Å². The van der Waals surface area contributed by atoms with E-state index in [4.69, 9.17) is 9.47 Å². The van der Waals surface area contributed by atoms with E-state index in [-0.39, 0.29) is 41.7 Å². The Hall–Kier alpha value is -0.760. The molecule has 0 bridgehead atoms. The van der Waals surface area contributed by atoms with Crippen molar-refractivity contribution in [1.29, 1.82) is 0 Å². The summed E-state index contributed by atoms with van der Waals surface area (Å²) >= 11 is 0. The molecule has 1 aliphatic rings. The topological polar surface area (TPSA) is 42.0 Å². The number of carbonyl (C=O) groups excluding carboxylic acids is 1. The Morgan fingerprint density at radius 1 is 1.38 bits per heavy atom. The van der Waals surface area contributed by atoms with Crippen LogP contribution in [-0.2, 0) is 14.3 Å². The minimum Gasteiger partial charge on any atom is -0.455 e. The van der Waals surface area contributed by atoms with Crippen LogP contribution in [0.15, 0.2) is 24.6 Å². The van der Waals surface area contributed by atoms with Gasteiger partial charge in [0.1, 0.15) is 6.10 Å². The van der Waals surface area contributed by atoms with E-state index in [1.54, 1.807) is 6.92 Å². The van der Waals surface area contributed by atoms with Crippen molar-refractivity contribution < 1.29 is 14.3 Å². The molecule has 0 fully saturated rings. The first kappa shape index (κ1) is 20.2. The van der Waals surface area contributed by atoms with E-state index in [2.05, 4.69) is 16.4 Å². The summed E-state index contributed by atoms with van der Waals surface area (Å²) in [6, 6.07) is 0. The first-order valence-electron chi connectivity index (χ1n) is 6.80. The number of rotatable bonds is 6. The standard InChI is InChI=1S/C15H26N2O3.HI/c1-12(2)14(18)20-13(10-19-15(3,4)5)9-17-8-7-16(6)11-17;/h7-8,13H,1,9-11H2,2-6H3;1H. The van der Waals surface area contributed by atoms with Crippen LogP contribution in [0.4, 0.5) is 0 Å². The molecule has 21 heavy (non-hydrogen) atoms. The molecule has 122 valence electrons. The first-order valence-corrected chi connectivity index (χ1v) is 6.80. The number of ether oxygens (including phenoxy) is 2. The van der Waals surface area contributed by atoms with Gasteiger partial charge < -0.3 is 19.3 Å². The van der Waals surface area contributed by atoms with Crippen molar-refractivity contribution in [3.8, 4) is 0 Å². The molecule has 0 spiro atoms. The summed E-state index contributed by atoms with van der Waals surface area (Å²) in [6.07, 6.45) is 3.66. The van der Waals surface area contributed by atoms with Crippen molar-refractivity contribution in [2.24, 2.45) is 0 Å². The second-order valence-corrected chi connectivity index (χ2v) is 6.20. The van der Waals surface area contributed by atoms with Crippen LogP contribution in [0.25, 0.3) is 0 Å². The summed E-state index contributed by atoms with van der Waals surface area (Å²) in [4.78, 5) is 15.8. The van der Waals surface area contributed by atoms with Crippen molar-refractivity contribution in [2.45, 2.75) is 39.4 Å². The number of carbonyl (C=O) groups is 1. The van der Waals surface area contributed by atoms with Gasteiger partial charge in [0.15, 0.2) is 0 Å². The molecule has 0 amide bonds.